The van der Waals surface area contributed by atoms with Gasteiger partial charge in [-0.25, -0.2) is 0 Å². The van der Waals surface area contributed by atoms with Crippen molar-refractivity contribution in [2.45, 2.75) is 39.3 Å². The van der Waals surface area contributed by atoms with Gasteiger partial charge >= 0.3 is 0 Å². The van der Waals surface area contributed by atoms with Crippen LogP contribution in [-0.2, 0) is 13.0 Å². The molecule has 0 saturated carbocycles. The summed E-state index contributed by atoms with van der Waals surface area (Å²) in [4.78, 5) is 12.8. The Bertz CT molecular complexity index is 1020. The number of carbonyl (C=O) groups excluding carboxylic acids is 1. The molecule has 0 unspecified atom stereocenters. The van der Waals surface area contributed by atoms with Gasteiger partial charge in [-0.15, -0.1) is 0 Å². The van der Waals surface area contributed by atoms with Crippen LogP contribution in [0.15, 0.2) is 66.7 Å². The van der Waals surface area contributed by atoms with Crippen molar-refractivity contribution >= 4 is 17.5 Å². The number of hydrogen-bond acceptors (Lipinski definition) is 3. The topological polar surface area (TPSA) is 47.6 Å². The van der Waals surface area contributed by atoms with Crippen LogP contribution in [0.3, 0.4) is 0 Å². The highest BCUT2D eigenvalue weighted by Gasteiger charge is 2.13. The predicted molar refractivity (Wildman–Crippen MR) is 125 cm³/mol. The van der Waals surface area contributed by atoms with Crippen molar-refractivity contribution in [2.75, 3.05) is 7.11 Å². The minimum atomic E-state index is -0.105. The van der Waals surface area contributed by atoms with Crippen molar-refractivity contribution < 1.29 is 14.3 Å². The third kappa shape index (κ3) is 6.50. The average Bonchev–Trinajstić information content (AvgIpc) is 2.79. The molecule has 0 saturated heterocycles. The van der Waals surface area contributed by atoms with Crippen molar-refractivity contribution in [3.05, 3.63) is 94.0 Å². The Hall–Kier alpha value is -2.98. The number of ether oxygens (including phenoxy) is 2. The Morgan fingerprint density at radius 1 is 1.06 bits per heavy atom. The second-order valence-electron chi connectivity index (χ2n) is 7.63. The van der Waals surface area contributed by atoms with Gasteiger partial charge in [0, 0.05) is 22.2 Å². The van der Waals surface area contributed by atoms with Gasteiger partial charge in [0.05, 0.1) is 7.11 Å². The quantitative estimate of drug-likeness (QED) is 0.447. The summed E-state index contributed by atoms with van der Waals surface area (Å²) in [7, 11) is 1.61. The normalized spacial score (nSPS) is 11.6. The number of halogens is 1. The van der Waals surface area contributed by atoms with Gasteiger partial charge in [-0.1, -0.05) is 41.9 Å². The number of carbonyl (C=O) groups is 1. The third-order valence-corrected chi connectivity index (χ3v) is 5.58. The van der Waals surface area contributed by atoms with Gasteiger partial charge in [0.1, 0.15) is 18.1 Å². The third-order valence-electron chi connectivity index (χ3n) is 5.15. The van der Waals surface area contributed by atoms with Crippen LogP contribution in [-0.4, -0.2) is 19.1 Å². The van der Waals surface area contributed by atoms with Crippen LogP contribution in [0.4, 0.5) is 0 Å². The molecule has 0 aliphatic heterocycles. The Morgan fingerprint density at radius 3 is 2.55 bits per heavy atom. The second-order valence-corrected chi connectivity index (χ2v) is 8.03. The van der Waals surface area contributed by atoms with Gasteiger partial charge in [0.25, 0.3) is 5.91 Å². The lowest BCUT2D eigenvalue weighted by atomic mass is 10.1. The molecule has 1 amide bonds. The summed E-state index contributed by atoms with van der Waals surface area (Å²) >= 11 is 6.08. The standard InChI is InChI=1S/C26H28ClNO3/c1-18-15-23(12-13-24(18)27)31-17-22-16-21(11-14-25(22)30-3)26(29)28-19(2)9-10-20-7-5-4-6-8-20/h4-8,11-16,19H,9-10,17H2,1-3H3,(H,28,29)/t19-/m1/s1. The Labute approximate surface area is 189 Å². The van der Waals surface area contributed by atoms with Crippen LogP contribution in [0.2, 0.25) is 5.02 Å². The maximum absolute atomic E-state index is 12.8. The molecule has 1 atom stereocenters. The molecule has 0 aromatic heterocycles. The fraction of sp³-hybridized carbons (Fsp3) is 0.269. The van der Waals surface area contributed by atoms with E-state index in [1.54, 1.807) is 19.2 Å². The summed E-state index contributed by atoms with van der Waals surface area (Å²) in [5.74, 6) is 1.29. The van der Waals surface area contributed by atoms with E-state index in [9.17, 15) is 4.79 Å². The number of aryl methyl sites for hydroxylation is 2. The first kappa shape index (κ1) is 22.7. The highest BCUT2D eigenvalue weighted by atomic mass is 35.5. The van der Waals surface area contributed by atoms with E-state index in [0.717, 1.165) is 24.0 Å². The Morgan fingerprint density at radius 2 is 1.84 bits per heavy atom. The highest BCUT2D eigenvalue weighted by molar-refractivity contribution is 6.31. The molecule has 31 heavy (non-hydrogen) atoms. The smallest absolute Gasteiger partial charge is 0.251 e. The zero-order chi connectivity index (χ0) is 22.2. The van der Waals surface area contributed by atoms with Crippen LogP contribution >= 0.6 is 11.6 Å². The first-order chi connectivity index (χ1) is 15.0. The lowest BCUT2D eigenvalue weighted by Crippen LogP contribution is -2.33. The molecule has 3 aromatic rings. The number of benzene rings is 3. The molecule has 0 heterocycles. The summed E-state index contributed by atoms with van der Waals surface area (Å²) in [6.07, 6.45) is 1.79. The summed E-state index contributed by atoms with van der Waals surface area (Å²) in [5, 5.41) is 3.78. The first-order valence-electron chi connectivity index (χ1n) is 10.4. The molecule has 0 fully saturated rings. The molecule has 0 spiro atoms. The van der Waals surface area contributed by atoms with Crippen molar-refractivity contribution in [1.29, 1.82) is 0 Å². The van der Waals surface area contributed by atoms with Gasteiger partial charge in [-0.05, 0) is 74.2 Å². The van der Waals surface area contributed by atoms with Crippen molar-refractivity contribution in [3.63, 3.8) is 0 Å². The molecule has 0 aliphatic carbocycles. The van der Waals surface area contributed by atoms with Crippen LogP contribution < -0.4 is 14.8 Å². The SMILES string of the molecule is COc1ccc(C(=O)N[C@H](C)CCc2ccccc2)cc1COc1ccc(Cl)c(C)c1. The van der Waals surface area contributed by atoms with Gasteiger partial charge in [-0.3, -0.25) is 4.79 Å². The highest BCUT2D eigenvalue weighted by Crippen LogP contribution is 2.25. The number of methoxy groups -OCH3 is 1. The zero-order valence-corrected chi connectivity index (χ0v) is 18.9. The lowest BCUT2D eigenvalue weighted by Gasteiger charge is -2.16. The van der Waals surface area contributed by atoms with E-state index in [1.165, 1.54) is 5.56 Å². The van der Waals surface area contributed by atoms with Crippen LogP contribution in [0.25, 0.3) is 0 Å². The molecule has 3 rings (SSSR count). The molecule has 1 N–H and O–H groups in total. The van der Waals surface area contributed by atoms with Gasteiger partial charge in [0.2, 0.25) is 0 Å². The average molecular weight is 438 g/mol. The van der Waals surface area contributed by atoms with E-state index in [-0.39, 0.29) is 18.6 Å². The first-order valence-corrected chi connectivity index (χ1v) is 10.7. The molecule has 0 aliphatic rings. The van der Waals surface area contributed by atoms with Gasteiger partial charge in [0.15, 0.2) is 0 Å². The summed E-state index contributed by atoms with van der Waals surface area (Å²) in [5.41, 5.74) is 3.60. The van der Waals surface area contributed by atoms with Gasteiger partial charge < -0.3 is 14.8 Å². The molecule has 5 heteroatoms. The fourth-order valence-corrected chi connectivity index (χ4v) is 3.43. The number of hydrogen-bond donors (Lipinski definition) is 1. The van der Waals surface area contributed by atoms with E-state index in [0.29, 0.717) is 22.1 Å². The minimum absolute atomic E-state index is 0.0616. The van der Waals surface area contributed by atoms with E-state index in [2.05, 4.69) is 17.4 Å². The predicted octanol–water partition coefficient (Wildman–Crippen LogP) is 5.99. The van der Waals surface area contributed by atoms with E-state index in [1.807, 2.05) is 56.3 Å². The fourth-order valence-electron chi connectivity index (χ4n) is 3.31. The number of rotatable bonds is 9. The lowest BCUT2D eigenvalue weighted by molar-refractivity contribution is 0.0938. The van der Waals surface area contributed by atoms with Crippen LogP contribution in [0.1, 0.15) is 40.4 Å². The number of amides is 1. The molecule has 0 bridgehead atoms. The molecule has 0 radical (unpaired) electrons. The maximum atomic E-state index is 12.8. The van der Waals surface area contributed by atoms with Gasteiger partial charge in [-0.2, -0.15) is 0 Å². The summed E-state index contributed by atoms with van der Waals surface area (Å²) in [6, 6.07) is 21.3. The van der Waals surface area contributed by atoms with E-state index < -0.39 is 0 Å². The molecule has 162 valence electrons. The minimum Gasteiger partial charge on any atom is -0.496 e. The molecular weight excluding hydrogens is 410 g/mol. The van der Waals surface area contributed by atoms with E-state index >= 15 is 0 Å². The monoisotopic (exact) mass is 437 g/mol. The second kappa shape index (κ2) is 10.9. The Kier molecular flexibility index (Phi) is 7.96. The molecule has 4 nitrogen and oxygen atoms in total. The molecular formula is C26H28ClNO3. The maximum Gasteiger partial charge on any atom is 0.251 e. The van der Waals surface area contributed by atoms with Crippen LogP contribution in [0, 0.1) is 6.92 Å². The zero-order valence-electron chi connectivity index (χ0n) is 18.2. The van der Waals surface area contributed by atoms with Crippen molar-refractivity contribution in [1.82, 2.24) is 5.32 Å². The summed E-state index contributed by atoms with van der Waals surface area (Å²) in [6.45, 7) is 4.24. The Balaban J connectivity index is 1.62. The largest absolute Gasteiger partial charge is 0.496 e. The van der Waals surface area contributed by atoms with Crippen molar-refractivity contribution in [3.8, 4) is 11.5 Å². The summed E-state index contributed by atoms with van der Waals surface area (Å²) < 4.78 is 11.4. The number of nitrogens with one attached hydrogen (secondary N) is 1. The van der Waals surface area contributed by atoms with E-state index in [4.69, 9.17) is 21.1 Å². The van der Waals surface area contributed by atoms with Crippen LogP contribution in [0.5, 0.6) is 11.5 Å². The molecule has 3 aromatic carbocycles. The van der Waals surface area contributed by atoms with Crippen molar-refractivity contribution in [2.24, 2.45) is 0 Å².